The van der Waals surface area contributed by atoms with Gasteiger partial charge in [-0.25, -0.2) is 0 Å². The van der Waals surface area contributed by atoms with Gasteiger partial charge in [0.2, 0.25) is 0 Å². The topological polar surface area (TPSA) is 12.0 Å². The standard InChI is InChI=1S/C11H19N/c1-2-4-10(5-3-1)8-11-6-7-12-9-11/h8,10,12H,1-7,9H2. The molecule has 0 amide bonds. The molecule has 0 spiro atoms. The van der Waals surface area contributed by atoms with Gasteiger partial charge in [0, 0.05) is 6.54 Å². The van der Waals surface area contributed by atoms with Crippen molar-refractivity contribution in [1.29, 1.82) is 0 Å². The van der Waals surface area contributed by atoms with E-state index in [1.807, 2.05) is 0 Å². The van der Waals surface area contributed by atoms with Gasteiger partial charge in [-0.3, -0.25) is 0 Å². The van der Waals surface area contributed by atoms with E-state index in [-0.39, 0.29) is 0 Å². The summed E-state index contributed by atoms with van der Waals surface area (Å²) >= 11 is 0. The predicted molar refractivity (Wildman–Crippen MR) is 52.1 cm³/mol. The first-order chi connectivity index (χ1) is 5.95. The molecule has 0 aromatic rings. The lowest BCUT2D eigenvalue weighted by Crippen LogP contribution is -2.07. The Morgan fingerprint density at radius 2 is 2.00 bits per heavy atom. The Kier molecular flexibility index (Phi) is 2.83. The molecule has 2 aliphatic rings. The van der Waals surface area contributed by atoms with Gasteiger partial charge in [0.25, 0.3) is 0 Å². The fourth-order valence-corrected chi connectivity index (χ4v) is 2.36. The van der Waals surface area contributed by atoms with Crippen LogP contribution in [0.2, 0.25) is 0 Å². The first-order valence-corrected chi connectivity index (χ1v) is 5.35. The van der Waals surface area contributed by atoms with Gasteiger partial charge in [-0.2, -0.15) is 0 Å². The maximum absolute atomic E-state index is 3.39. The second-order valence-electron chi connectivity index (χ2n) is 4.15. The van der Waals surface area contributed by atoms with Crippen LogP contribution in [-0.4, -0.2) is 13.1 Å². The summed E-state index contributed by atoms with van der Waals surface area (Å²) in [7, 11) is 0. The van der Waals surface area contributed by atoms with Gasteiger partial charge in [0.05, 0.1) is 0 Å². The summed E-state index contributed by atoms with van der Waals surface area (Å²) in [6.45, 7) is 2.37. The third-order valence-electron chi connectivity index (χ3n) is 3.10. The van der Waals surface area contributed by atoms with Crippen molar-refractivity contribution < 1.29 is 0 Å². The second kappa shape index (κ2) is 4.08. The molecule has 0 aromatic carbocycles. The van der Waals surface area contributed by atoms with E-state index in [0.29, 0.717) is 0 Å². The number of nitrogens with one attached hydrogen (secondary N) is 1. The van der Waals surface area contributed by atoms with Crippen molar-refractivity contribution in [3.8, 4) is 0 Å². The van der Waals surface area contributed by atoms with Crippen LogP contribution in [0.3, 0.4) is 0 Å². The highest BCUT2D eigenvalue weighted by Gasteiger charge is 2.13. The van der Waals surface area contributed by atoms with Crippen molar-refractivity contribution >= 4 is 0 Å². The molecule has 68 valence electrons. The van der Waals surface area contributed by atoms with Crippen molar-refractivity contribution in [3.05, 3.63) is 11.6 Å². The van der Waals surface area contributed by atoms with Gasteiger partial charge >= 0.3 is 0 Å². The Hall–Kier alpha value is -0.300. The van der Waals surface area contributed by atoms with Crippen molar-refractivity contribution in [3.63, 3.8) is 0 Å². The van der Waals surface area contributed by atoms with Crippen LogP contribution in [-0.2, 0) is 0 Å². The van der Waals surface area contributed by atoms with Gasteiger partial charge in [-0.1, -0.05) is 30.9 Å². The Morgan fingerprint density at radius 1 is 1.17 bits per heavy atom. The van der Waals surface area contributed by atoms with Gasteiger partial charge in [-0.05, 0) is 31.7 Å². The summed E-state index contributed by atoms with van der Waals surface area (Å²) in [5.74, 6) is 0.925. The molecule has 1 saturated carbocycles. The number of rotatable bonds is 1. The first-order valence-electron chi connectivity index (χ1n) is 5.35. The van der Waals surface area contributed by atoms with E-state index in [1.54, 1.807) is 5.57 Å². The summed E-state index contributed by atoms with van der Waals surface area (Å²) < 4.78 is 0. The summed E-state index contributed by atoms with van der Waals surface area (Å²) in [5, 5.41) is 3.39. The molecule has 1 N–H and O–H groups in total. The third kappa shape index (κ3) is 2.10. The Balaban J connectivity index is 1.86. The maximum Gasteiger partial charge on any atom is 0.0165 e. The Labute approximate surface area is 75.2 Å². The molecule has 12 heavy (non-hydrogen) atoms. The van der Waals surface area contributed by atoms with E-state index >= 15 is 0 Å². The highest BCUT2D eigenvalue weighted by molar-refractivity contribution is 5.10. The number of hydrogen-bond donors (Lipinski definition) is 1. The molecule has 2 rings (SSSR count). The van der Waals surface area contributed by atoms with E-state index in [2.05, 4.69) is 11.4 Å². The van der Waals surface area contributed by atoms with Crippen LogP contribution in [0.5, 0.6) is 0 Å². The predicted octanol–water partition coefficient (Wildman–Crippen LogP) is 2.49. The zero-order chi connectivity index (χ0) is 8.23. The number of hydrogen-bond acceptors (Lipinski definition) is 1. The molecule has 0 bridgehead atoms. The van der Waals surface area contributed by atoms with E-state index < -0.39 is 0 Å². The van der Waals surface area contributed by atoms with Gasteiger partial charge in [0.15, 0.2) is 0 Å². The quantitative estimate of drug-likeness (QED) is 0.589. The third-order valence-corrected chi connectivity index (χ3v) is 3.10. The highest BCUT2D eigenvalue weighted by Crippen LogP contribution is 2.26. The summed E-state index contributed by atoms with van der Waals surface area (Å²) in [6.07, 6.45) is 11.1. The lowest BCUT2D eigenvalue weighted by Gasteiger charge is -2.18. The lowest BCUT2D eigenvalue weighted by molar-refractivity contribution is 0.417. The second-order valence-corrected chi connectivity index (χ2v) is 4.15. The highest BCUT2D eigenvalue weighted by atomic mass is 14.9. The number of allylic oxidation sites excluding steroid dienone is 1. The van der Waals surface area contributed by atoms with Crippen LogP contribution in [0.1, 0.15) is 38.5 Å². The smallest absolute Gasteiger partial charge is 0.0165 e. The molecule has 1 aliphatic carbocycles. The molecule has 1 nitrogen and oxygen atoms in total. The van der Waals surface area contributed by atoms with Crippen molar-refractivity contribution in [2.75, 3.05) is 13.1 Å². The maximum atomic E-state index is 3.39. The van der Waals surface area contributed by atoms with Crippen LogP contribution >= 0.6 is 0 Å². The van der Waals surface area contributed by atoms with Crippen molar-refractivity contribution in [2.45, 2.75) is 38.5 Å². The lowest BCUT2D eigenvalue weighted by atomic mass is 9.88. The largest absolute Gasteiger partial charge is 0.313 e. The SMILES string of the molecule is C(=C1CCNC1)C1CCCCC1. The monoisotopic (exact) mass is 165 g/mol. The normalized spacial score (nSPS) is 29.8. The average Bonchev–Trinajstić information content (AvgIpc) is 2.59. The molecular weight excluding hydrogens is 146 g/mol. The molecule has 0 radical (unpaired) electrons. The van der Waals surface area contributed by atoms with Crippen molar-refractivity contribution in [1.82, 2.24) is 5.32 Å². The van der Waals surface area contributed by atoms with Crippen LogP contribution in [0.15, 0.2) is 11.6 Å². The van der Waals surface area contributed by atoms with Crippen molar-refractivity contribution in [2.24, 2.45) is 5.92 Å². The molecule has 1 saturated heterocycles. The van der Waals surface area contributed by atoms with Crippen LogP contribution in [0.4, 0.5) is 0 Å². The summed E-state index contributed by atoms with van der Waals surface area (Å²) in [6, 6.07) is 0. The van der Waals surface area contributed by atoms with Crippen LogP contribution in [0.25, 0.3) is 0 Å². The van der Waals surface area contributed by atoms with Crippen LogP contribution in [0, 0.1) is 5.92 Å². The minimum absolute atomic E-state index is 0.925. The molecule has 2 fully saturated rings. The van der Waals surface area contributed by atoms with Gasteiger partial charge in [-0.15, -0.1) is 0 Å². The molecule has 0 atom stereocenters. The minimum atomic E-state index is 0.925. The van der Waals surface area contributed by atoms with E-state index in [0.717, 1.165) is 12.5 Å². The Bertz CT molecular complexity index is 158. The molecule has 1 heteroatoms. The van der Waals surface area contributed by atoms with E-state index in [9.17, 15) is 0 Å². The summed E-state index contributed by atoms with van der Waals surface area (Å²) in [4.78, 5) is 0. The molecule has 1 heterocycles. The molecular formula is C11H19N. The van der Waals surface area contributed by atoms with Gasteiger partial charge < -0.3 is 5.32 Å². The van der Waals surface area contributed by atoms with E-state index in [1.165, 1.54) is 45.1 Å². The molecule has 0 unspecified atom stereocenters. The van der Waals surface area contributed by atoms with Gasteiger partial charge in [0.1, 0.15) is 0 Å². The summed E-state index contributed by atoms with van der Waals surface area (Å²) in [5.41, 5.74) is 1.67. The fourth-order valence-electron chi connectivity index (χ4n) is 2.36. The minimum Gasteiger partial charge on any atom is -0.313 e. The molecule has 1 aliphatic heterocycles. The van der Waals surface area contributed by atoms with Crippen LogP contribution < -0.4 is 5.32 Å². The molecule has 0 aromatic heterocycles. The average molecular weight is 165 g/mol. The zero-order valence-electron chi connectivity index (χ0n) is 7.81. The fraction of sp³-hybridized carbons (Fsp3) is 0.818. The zero-order valence-corrected chi connectivity index (χ0v) is 7.81. The van der Waals surface area contributed by atoms with E-state index in [4.69, 9.17) is 0 Å². The Morgan fingerprint density at radius 3 is 2.67 bits per heavy atom. The first kappa shape index (κ1) is 8.31.